The molecule has 0 aliphatic carbocycles. The molecule has 26 heavy (non-hydrogen) atoms. The number of carbonyl (C=O) groups excluding carboxylic acids is 1. The minimum absolute atomic E-state index is 0. The number of nitrogens with one attached hydrogen (secondary N) is 2. The molecule has 1 amide bonds. The van der Waals surface area contributed by atoms with Crippen LogP contribution >= 0.6 is 24.0 Å². The maximum absolute atomic E-state index is 12.0. The molecule has 7 nitrogen and oxygen atoms in total. The van der Waals surface area contributed by atoms with Crippen LogP contribution < -0.4 is 10.6 Å². The van der Waals surface area contributed by atoms with Crippen molar-refractivity contribution in [2.24, 2.45) is 10.9 Å². The summed E-state index contributed by atoms with van der Waals surface area (Å²) in [6.45, 7) is 15.6. The lowest BCUT2D eigenvalue weighted by Gasteiger charge is -2.25. The van der Waals surface area contributed by atoms with E-state index in [1.807, 2.05) is 20.8 Å². The van der Waals surface area contributed by atoms with Crippen LogP contribution in [0.3, 0.4) is 0 Å². The van der Waals surface area contributed by atoms with Gasteiger partial charge in [0.25, 0.3) is 0 Å². The van der Waals surface area contributed by atoms with Crippen LogP contribution in [0.15, 0.2) is 4.99 Å². The first-order valence-corrected chi connectivity index (χ1v) is 9.19. The van der Waals surface area contributed by atoms with E-state index in [9.17, 15) is 4.79 Å². The molecule has 8 heteroatoms. The highest BCUT2D eigenvalue weighted by molar-refractivity contribution is 14.0. The van der Waals surface area contributed by atoms with Crippen LogP contribution in [0.5, 0.6) is 0 Å². The van der Waals surface area contributed by atoms with Crippen molar-refractivity contribution in [3.63, 3.8) is 0 Å². The zero-order chi connectivity index (χ0) is 19.2. The van der Waals surface area contributed by atoms with E-state index in [-0.39, 0.29) is 30.1 Å². The first kappa shape index (κ1) is 25.2. The molecule has 0 spiro atoms. The highest BCUT2D eigenvalue weighted by Gasteiger charge is 2.31. The Morgan fingerprint density at radius 3 is 2.42 bits per heavy atom. The summed E-state index contributed by atoms with van der Waals surface area (Å²) < 4.78 is 5.35. The van der Waals surface area contributed by atoms with Crippen LogP contribution in [0.1, 0.15) is 41.5 Å². The summed E-state index contributed by atoms with van der Waals surface area (Å²) in [5.41, 5.74) is -0.475. The van der Waals surface area contributed by atoms with E-state index in [0.717, 1.165) is 19.0 Å². The monoisotopic (exact) mass is 483 g/mol. The summed E-state index contributed by atoms with van der Waals surface area (Å²) in [6.07, 6.45) is -0.311. The summed E-state index contributed by atoms with van der Waals surface area (Å²) in [7, 11) is 3.51. The van der Waals surface area contributed by atoms with Crippen LogP contribution in [-0.2, 0) is 4.74 Å². The molecule has 1 fully saturated rings. The van der Waals surface area contributed by atoms with Gasteiger partial charge in [-0.2, -0.15) is 0 Å². The van der Waals surface area contributed by atoms with E-state index >= 15 is 0 Å². The number of halogens is 1. The second kappa shape index (κ2) is 11.2. The van der Waals surface area contributed by atoms with Gasteiger partial charge in [-0.15, -0.1) is 24.0 Å². The molecule has 1 rings (SSSR count). The molecule has 0 saturated carbocycles. The summed E-state index contributed by atoms with van der Waals surface area (Å²) in [5.74, 6) is 1.35. The van der Waals surface area contributed by atoms with Crippen LogP contribution in [0.2, 0.25) is 0 Å². The van der Waals surface area contributed by atoms with Gasteiger partial charge in [0, 0.05) is 52.4 Å². The fourth-order valence-corrected chi connectivity index (χ4v) is 2.76. The van der Waals surface area contributed by atoms with Crippen molar-refractivity contribution in [3.05, 3.63) is 0 Å². The molecule has 1 heterocycles. The Bertz CT molecular complexity index is 465. The van der Waals surface area contributed by atoms with Crippen molar-refractivity contribution in [1.82, 2.24) is 20.4 Å². The van der Waals surface area contributed by atoms with E-state index < -0.39 is 5.60 Å². The predicted molar refractivity (Wildman–Crippen MR) is 118 cm³/mol. The molecule has 154 valence electrons. The molecule has 0 aromatic carbocycles. The van der Waals surface area contributed by atoms with Crippen molar-refractivity contribution >= 4 is 36.0 Å². The van der Waals surface area contributed by atoms with Gasteiger partial charge in [0.05, 0.1) is 0 Å². The average Bonchev–Trinajstić information content (AvgIpc) is 2.85. The summed E-state index contributed by atoms with van der Waals surface area (Å²) in [6, 6.07) is 0.948. The van der Waals surface area contributed by atoms with Gasteiger partial charge in [-0.05, 0) is 40.5 Å². The molecule has 2 N–H and O–H groups in total. The van der Waals surface area contributed by atoms with Crippen LogP contribution in [-0.4, -0.2) is 79.8 Å². The number of nitrogens with zero attached hydrogens (tertiary/aromatic N) is 3. The van der Waals surface area contributed by atoms with Gasteiger partial charge in [0.2, 0.25) is 0 Å². The molecule has 0 aromatic heterocycles. The van der Waals surface area contributed by atoms with Gasteiger partial charge in [0.1, 0.15) is 5.60 Å². The van der Waals surface area contributed by atoms with Gasteiger partial charge >= 0.3 is 6.09 Å². The van der Waals surface area contributed by atoms with E-state index in [1.165, 1.54) is 0 Å². The summed E-state index contributed by atoms with van der Waals surface area (Å²) >= 11 is 0. The first-order chi connectivity index (χ1) is 11.5. The Morgan fingerprint density at radius 2 is 1.96 bits per heavy atom. The quantitative estimate of drug-likeness (QED) is 0.357. The molecule has 0 aromatic rings. The number of amides is 1. The third-order valence-electron chi connectivity index (χ3n) is 4.36. The third kappa shape index (κ3) is 8.75. The second-order valence-corrected chi connectivity index (χ2v) is 8.18. The molecular weight excluding hydrogens is 445 g/mol. The molecule has 0 radical (unpaired) electrons. The highest BCUT2D eigenvalue weighted by atomic mass is 127. The number of guanidine groups is 1. The average molecular weight is 483 g/mol. The largest absolute Gasteiger partial charge is 0.444 e. The van der Waals surface area contributed by atoms with Crippen molar-refractivity contribution in [1.29, 1.82) is 0 Å². The Balaban J connectivity index is 0.00000625. The lowest BCUT2D eigenvalue weighted by Crippen LogP contribution is -2.48. The van der Waals surface area contributed by atoms with Gasteiger partial charge < -0.3 is 20.3 Å². The summed E-state index contributed by atoms with van der Waals surface area (Å²) in [5, 5.41) is 6.78. The van der Waals surface area contributed by atoms with Crippen LogP contribution in [0.4, 0.5) is 4.79 Å². The Hall–Kier alpha value is -0.770. The minimum Gasteiger partial charge on any atom is -0.444 e. The fourth-order valence-electron chi connectivity index (χ4n) is 2.76. The van der Waals surface area contributed by atoms with Gasteiger partial charge in [-0.3, -0.25) is 9.89 Å². The molecule has 2 atom stereocenters. The number of ether oxygens (including phenoxy) is 1. The highest BCUT2D eigenvalue weighted by Crippen LogP contribution is 2.18. The van der Waals surface area contributed by atoms with Gasteiger partial charge in [-0.1, -0.05) is 6.92 Å². The topological polar surface area (TPSA) is 69.2 Å². The number of hydrogen-bond acceptors (Lipinski definition) is 4. The SMILES string of the molecule is CN=C(NCCN(C)C(=O)OC(C)(C)C)NC1CN(C(C)C)CC1C.I. The van der Waals surface area contributed by atoms with Gasteiger partial charge in [0.15, 0.2) is 5.96 Å². The fraction of sp³-hybridized carbons (Fsp3) is 0.889. The smallest absolute Gasteiger partial charge is 0.410 e. The lowest BCUT2D eigenvalue weighted by molar-refractivity contribution is 0.0302. The van der Waals surface area contributed by atoms with E-state index in [2.05, 4.69) is 41.3 Å². The maximum Gasteiger partial charge on any atom is 0.410 e. The number of aliphatic imine (C=N–C) groups is 1. The van der Waals surface area contributed by atoms with Crippen LogP contribution in [0, 0.1) is 5.92 Å². The molecule has 1 aliphatic rings. The number of likely N-dealkylation sites (tertiary alicyclic amines) is 1. The summed E-state index contributed by atoms with van der Waals surface area (Å²) in [4.78, 5) is 20.3. The first-order valence-electron chi connectivity index (χ1n) is 9.19. The molecule has 1 saturated heterocycles. The zero-order valence-electron chi connectivity index (χ0n) is 17.6. The third-order valence-corrected chi connectivity index (χ3v) is 4.36. The molecule has 2 unspecified atom stereocenters. The van der Waals surface area contributed by atoms with Crippen molar-refractivity contribution in [2.45, 2.75) is 59.2 Å². The van der Waals surface area contributed by atoms with E-state index in [4.69, 9.17) is 4.74 Å². The maximum atomic E-state index is 12.0. The van der Waals surface area contributed by atoms with Crippen LogP contribution in [0.25, 0.3) is 0 Å². The predicted octanol–water partition coefficient (Wildman–Crippen LogP) is 2.36. The number of rotatable bonds is 5. The van der Waals surface area contributed by atoms with Crippen molar-refractivity contribution in [2.75, 3.05) is 40.3 Å². The minimum atomic E-state index is -0.475. The normalized spacial score (nSPS) is 21.3. The Morgan fingerprint density at radius 1 is 1.35 bits per heavy atom. The molecule has 0 bridgehead atoms. The van der Waals surface area contributed by atoms with Gasteiger partial charge in [-0.25, -0.2) is 4.79 Å². The number of carbonyl (C=O) groups is 1. The molecule has 1 aliphatic heterocycles. The standard InChI is InChI=1S/C18H37N5O2.HI/c1-13(2)23-11-14(3)15(12-23)21-16(19-7)20-9-10-22(8)17(24)25-18(4,5)6;/h13-15H,9-12H2,1-8H3,(H2,19,20,21);1H. The Labute approximate surface area is 176 Å². The second-order valence-electron chi connectivity index (χ2n) is 8.18. The molecular formula is C18H38IN5O2. The van der Waals surface area contributed by atoms with E-state index in [0.29, 0.717) is 31.1 Å². The van der Waals surface area contributed by atoms with Crippen molar-refractivity contribution < 1.29 is 9.53 Å². The lowest BCUT2D eigenvalue weighted by atomic mass is 10.1. The van der Waals surface area contributed by atoms with Crippen molar-refractivity contribution in [3.8, 4) is 0 Å². The van der Waals surface area contributed by atoms with E-state index in [1.54, 1.807) is 19.0 Å². The Kier molecular flexibility index (Phi) is 10.8. The number of hydrogen-bond donors (Lipinski definition) is 2. The zero-order valence-corrected chi connectivity index (χ0v) is 20.0. The number of likely N-dealkylation sites (N-methyl/N-ethyl adjacent to an activating group) is 1.